The van der Waals surface area contributed by atoms with Crippen molar-refractivity contribution in [3.05, 3.63) is 34.4 Å². The number of nitrogens with one attached hydrogen (secondary N) is 1. The molecular formula is C11H17N3O3. The lowest BCUT2D eigenvalue weighted by molar-refractivity contribution is -0.384. The van der Waals surface area contributed by atoms with Crippen LogP contribution in [0.1, 0.15) is 6.92 Å². The van der Waals surface area contributed by atoms with Crippen molar-refractivity contribution in [2.45, 2.75) is 12.5 Å². The first kappa shape index (κ1) is 13.4. The van der Waals surface area contributed by atoms with E-state index in [2.05, 4.69) is 5.32 Å². The minimum absolute atomic E-state index is 0.0423. The Labute approximate surface area is 99.9 Å². The van der Waals surface area contributed by atoms with Crippen LogP contribution in [0.2, 0.25) is 0 Å². The molecule has 0 aromatic heterocycles. The minimum atomic E-state index is -0.571. The molecule has 0 aliphatic carbocycles. The van der Waals surface area contributed by atoms with Gasteiger partial charge >= 0.3 is 0 Å². The van der Waals surface area contributed by atoms with Gasteiger partial charge in [-0.05, 0) is 13.0 Å². The number of nitro groups is 1. The van der Waals surface area contributed by atoms with Gasteiger partial charge in [-0.15, -0.1) is 0 Å². The van der Waals surface area contributed by atoms with Crippen LogP contribution in [0.25, 0.3) is 0 Å². The molecule has 0 amide bonds. The predicted molar refractivity (Wildman–Crippen MR) is 66.1 cm³/mol. The van der Waals surface area contributed by atoms with E-state index in [4.69, 9.17) is 10.5 Å². The second kappa shape index (κ2) is 5.60. The Bertz CT molecular complexity index is 393. The number of hydrogen-bond donors (Lipinski definition) is 2. The van der Waals surface area contributed by atoms with E-state index in [0.29, 0.717) is 18.8 Å². The normalized spacial score (nSPS) is 14.1. The lowest BCUT2D eigenvalue weighted by atomic mass is 10.1. The number of para-hydroxylation sites is 2. The van der Waals surface area contributed by atoms with Crippen molar-refractivity contribution in [1.29, 1.82) is 0 Å². The van der Waals surface area contributed by atoms with Gasteiger partial charge in [0, 0.05) is 19.7 Å². The van der Waals surface area contributed by atoms with E-state index in [0.717, 1.165) is 0 Å². The van der Waals surface area contributed by atoms with E-state index < -0.39 is 10.5 Å². The van der Waals surface area contributed by atoms with E-state index in [1.54, 1.807) is 25.3 Å². The standard InChI is InChI=1S/C11H17N3O3/c1-11(12,8-17-2)7-13-9-5-3-4-6-10(9)14(15)16/h3-6,13H,7-8,12H2,1-2H3/t11-/m1/s1. The topological polar surface area (TPSA) is 90.4 Å². The Morgan fingerprint density at radius 1 is 1.53 bits per heavy atom. The Balaban J connectivity index is 2.72. The molecule has 0 saturated carbocycles. The van der Waals surface area contributed by atoms with E-state index in [-0.39, 0.29) is 5.69 Å². The molecule has 6 heteroatoms. The number of nitrogens with two attached hydrogens (primary N) is 1. The van der Waals surface area contributed by atoms with Gasteiger partial charge in [0.2, 0.25) is 0 Å². The number of methoxy groups -OCH3 is 1. The van der Waals surface area contributed by atoms with Crippen LogP contribution < -0.4 is 11.1 Å². The van der Waals surface area contributed by atoms with Crippen molar-refractivity contribution in [1.82, 2.24) is 0 Å². The third-order valence-electron chi connectivity index (χ3n) is 2.26. The largest absolute Gasteiger partial charge is 0.383 e. The van der Waals surface area contributed by atoms with Gasteiger partial charge < -0.3 is 15.8 Å². The second-order valence-corrected chi connectivity index (χ2v) is 4.21. The van der Waals surface area contributed by atoms with Crippen molar-refractivity contribution in [3.8, 4) is 0 Å². The van der Waals surface area contributed by atoms with Crippen molar-refractivity contribution >= 4 is 11.4 Å². The number of nitrogens with zero attached hydrogens (tertiary/aromatic N) is 1. The van der Waals surface area contributed by atoms with Gasteiger partial charge in [-0.25, -0.2) is 0 Å². The Hall–Kier alpha value is -1.66. The van der Waals surface area contributed by atoms with Crippen molar-refractivity contribution < 1.29 is 9.66 Å². The summed E-state index contributed by atoms with van der Waals surface area (Å²) in [5, 5.41) is 13.8. The van der Waals surface area contributed by atoms with Crippen LogP contribution in [0, 0.1) is 10.1 Å². The summed E-state index contributed by atoms with van der Waals surface area (Å²) in [5.41, 5.74) is 5.88. The van der Waals surface area contributed by atoms with E-state index in [9.17, 15) is 10.1 Å². The zero-order valence-corrected chi connectivity index (χ0v) is 9.97. The highest BCUT2D eigenvalue weighted by molar-refractivity contribution is 5.61. The van der Waals surface area contributed by atoms with Gasteiger partial charge in [0.15, 0.2) is 0 Å². The first-order valence-corrected chi connectivity index (χ1v) is 5.21. The molecule has 0 bridgehead atoms. The summed E-state index contributed by atoms with van der Waals surface area (Å²) in [6, 6.07) is 6.47. The molecule has 1 rings (SSSR count). The number of hydrogen-bond acceptors (Lipinski definition) is 5. The molecule has 0 aliphatic rings. The summed E-state index contributed by atoms with van der Waals surface area (Å²) in [7, 11) is 1.57. The van der Waals surface area contributed by atoms with Crippen LogP contribution in [-0.2, 0) is 4.74 Å². The maximum absolute atomic E-state index is 10.8. The monoisotopic (exact) mass is 239 g/mol. The fraction of sp³-hybridized carbons (Fsp3) is 0.455. The molecule has 1 aromatic carbocycles. The van der Waals surface area contributed by atoms with Gasteiger partial charge in [0.25, 0.3) is 5.69 Å². The molecule has 6 nitrogen and oxygen atoms in total. The maximum Gasteiger partial charge on any atom is 0.292 e. The summed E-state index contributed by atoms with van der Waals surface area (Å²) < 4.78 is 4.97. The SMILES string of the molecule is COC[C@](C)(N)CNc1ccccc1[N+](=O)[O-]. The van der Waals surface area contributed by atoms with Crippen LogP contribution in [-0.4, -0.2) is 30.7 Å². The summed E-state index contributed by atoms with van der Waals surface area (Å²) in [4.78, 5) is 10.4. The molecule has 1 atom stereocenters. The molecule has 94 valence electrons. The molecule has 0 fully saturated rings. The van der Waals surface area contributed by atoms with Gasteiger partial charge in [0.1, 0.15) is 5.69 Å². The first-order valence-electron chi connectivity index (χ1n) is 5.21. The zero-order valence-electron chi connectivity index (χ0n) is 9.97. The molecule has 0 heterocycles. The molecule has 0 saturated heterocycles. The third-order valence-corrected chi connectivity index (χ3v) is 2.26. The highest BCUT2D eigenvalue weighted by Crippen LogP contribution is 2.23. The molecule has 0 spiro atoms. The van der Waals surface area contributed by atoms with Gasteiger partial charge in [-0.3, -0.25) is 10.1 Å². The average Bonchev–Trinajstić information content (AvgIpc) is 2.27. The number of ether oxygens (including phenoxy) is 1. The molecule has 1 aromatic rings. The highest BCUT2D eigenvalue weighted by Gasteiger charge is 2.20. The van der Waals surface area contributed by atoms with Gasteiger partial charge in [0.05, 0.1) is 17.1 Å². The lowest BCUT2D eigenvalue weighted by Crippen LogP contribution is -2.47. The molecular weight excluding hydrogens is 222 g/mol. The molecule has 3 N–H and O–H groups in total. The quantitative estimate of drug-likeness (QED) is 0.578. The average molecular weight is 239 g/mol. The second-order valence-electron chi connectivity index (χ2n) is 4.21. The number of rotatable bonds is 6. The van der Waals surface area contributed by atoms with Crippen molar-refractivity contribution in [2.24, 2.45) is 5.73 Å². The van der Waals surface area contributed by atoms with E-state index in [1.807, 2.05) is 6.92 Å². The first-order chi connectivity index (χ1) is 7.96. The number of anilines is 1. The molecule has 0 aliphatic heterocycles. The van der Waals surface area contributed by atoms with Crippen LogP contribution in [0.5, 0.6) is 0 Å². The summed E-state index contributed by atoms with van der Waals surface area (Å²) >= 11 is 0. The van der Waals surface area contributed by atoms with Crippen molar-refractivity contribution in [2.75, 3.05) is 25.6 Å². The number of nitro benzene ring substituents is 1. The summed E-state index contributed by atoms with van der Waals surface area (Å²) in [5.74, 6) is 0. The van der Waals surface area contributed by atoms with Crippen LogP contribution in [0.3, 0.4) is 0 Å². The van der Waals surface area contributed by atoms with Crippen LogP contribution in [0.15, 0.2) is 24.3 Å². The van der Waals surface area contributed by atoms with Gasteiger partial charge in [-0.2, -0.15) is 0 Å². The highest BCUT2D eigenvalue weighted by atomic mass is 16.6. The predicted octanol–water partition coefficient (Wildman–Crippen LogP) is 1.37. The van der Waals surface area contributed by atoms with E-state index >= 15 is 0 Å². The Kier molecular flexibility index (Phi) is 4.42. The van der Waals surface area contributed by atoms with Crippen LogP contribution >= 0.6 is 0 Å². The van der Waals surface area contributed by atoms with Crippen LogP contribution in [0.4, 0.5) is 11.4 Å². The Morgan fingerprint density at radius 2 is 2.18 bits per heavy atom. The fourth-order valence-electron chi connectivity index (χ4n) is 1.46. The maximum atomic E-state index is 10.8. The Morgan fingerprint density at radius 3 is 2.76 bits per heavy atom. The summed E-state index contributed by atoms with van der Waals surface area (Å²) in [6.45, 7) is 2.59. The zero-order chi connectivity index (χ0) is 12.9. The molecule has 0 unspecified atom stereocenters. The lowest BCUT2D eigenvalue weighted by Gasteiger charge is -2.24. The summed E-state index contributed by atoms with van der Waals surface area (Å²) in [6.07, 6.45) is 0. The molecule has 0 radical (unpaired) electrons. The molecule has 17 heavy (non-hydrogen) atoms. The number of benzene rings is 1. The van der Waals surface area contributed by atoms with Gasteiger partial charge in [-0.1, -0.05) is 12.1 Å². The third kappa shape index (κ3) is 4.01. The smallest absolute Gasteiger partial charge is 0.292 e. The van der Waals surface area contributed by atoms with Crippen molar-refractivity contribution in [3.63, 3.8) is 0 Å². The fourth-order valence-corrected chi connectivity index (χ4v) is 1.46. The van der Waals surface area contributed by atoms with E-state index in [1.165, 1.54) is 6.07 Å². The minimum Gasteiger partial charge on any atom is -0.383 e.